The van der Waals surface area contributed by atoms with Crippen LogP contribution >= 0.6 is 0 Å². The largest absolute Gasteiger partial charge is 0.497 e. The van der Waals surface area contributed by atoms with E-state index in [1.165, 1.54) is 28.3 Å². The normalized spacial score (nSPS) is 29.0. The Balaban J connectivity index is 2.66. The maximum atomic E-state index is 12.6. The van der Waals surface area contributed by atoms with E-state index in [0.29, 0.717) is 11.3 Å². The van der Waals surface area contributed by atoms with Gasteiger partial charge >= 0.3 is 11.9 Å². The summed E-state index contributed by atoms with van der Waals surface area (Å²) in [6.07, 6.45) is -0.340. The first kappa shape index (κ1) is 18.9. The topological polar surface area (TPSA) is 99.1 Å². The lowest BCUT2D eigenvalue weighted by molar-refractivity contribution is -0.170. The lowest BCUT2D eigenvalue weighted by Gasteiger charge is -2.43. The molecule has 0 saturated heterocycles. The minimum absolute atomic E-state index is 0.340. The van der Waals surface area contributed by atoms with Crippen molar-refractivity contribution in [3.05, 3.63) is 29.8 Å². The molecule has 1 aliphatic carbocycles. The number of methoxy groups -OCH3 is 3. The van der Waals surface area contributed by atoms with Crippen molar-refractivity contribution < 1.29 is 33.7 Å². The fourth-order valence-corrected chi connectivity index (χ4v) is 3.52. The summed E-state index contributed by atoms with van der Waals surface area (Å²) in [6, 6.07) is 6.69. The minimum atomic E-state index is -1.65. The summed E-state index contributed by atoms with van der Waals surface area (Å²) in [5.41, 5.74) is -1.14. The van der Waals surface area contributed by atoms with Crippen LogP contribution in [0.5, 0.6) is 5.75 Å². The Morgan fingerprint density at radius 2 is 1.80 bits per heavy atom. The lowest BCUT2D eigenvalue weighted by atomic mass is 9.61. The van der Waals surface area contributed by atoms with Crippen LogP contribution in [-0.2, 0) is 23.9 Å². The van der Waals surface area contributed by atoms with E-state index in [0.717, 1.165) is 0 Å². The average Bonchev–Trinajstić information content (AvgIpc) is 2.59. The van der Waals surface area contributed by atoms with Crippen LogP contribution in [-0.4, -0.2) is 49.8 Å². The highest BCUT2D eigenvalue weighted by molar-refractivity contribution is 6.02. The Morgan fingerprint density at radius 3 is 2.36 bits per heavy atom. The maximum Gasteiger partial charge on any atom is 0.316 e. The lowest BCUT2D eigenvalue weighted by Crippen LogP contribution is -2.55. The van der Waals surface area contributed by atoms with Crippen LogP contribution in [0.3, 0.4) is 0 Å². The molecule has 2 rings (SSSR count). The van der Waals surface area contributed by atoms with Crippen LogP contribution in [0.1, 0.15) is 24.8 Å². The molecule has 25 heavy (non-hydrogen) atoms. The molecule has 1 aromatic rings. The Hall–Kier alpha value is -2.41. The van der Waals surface area contributed by atoms with Gasteiger partial charge in [0.1, 0.15) is 11.7 Å². The number of carbonyl (C=O) groups is 3. The number of hydrogen-bond acceptors (Lipinski definition) is 7. The van der Waals surface area contributed by atoms with Crippen LogP contribution in [0.2, 0.25) is 0 Å². The molecule has 1 aliphatic rings. The molecule has 136 valence electrons. The molecule has 1 saturated carbocycles. The van der Waals surface area contributed by atoms with Crippen molar-refractivity contribution in [2.24, 2.45) is 11.8 Å². The number of benzene rings is 1. The zero-order valence-corrected chi connectivity index (χ0v) is 14.6. The Kier molecular flexibility index (Phi) is 5.47. The molecule has 0 radical (unpaired) electrons. The van der Waals surface area contributed by atoms with E-state index in [1.54, 1.807) is 24.3 Å². The number of ketones is 1. The highest BCUT2D eigenvalue weighted by Gasteiger charge is 2.56. The van der Waals surface area contributed by atoms with Crippen LogP contribution in [0, 0.1) is 11.8 Å². The second kappa shape index (κ2) is 7.23. The van der Waals surface area contributed by atoms with E-state index in [4.69, 9.17) is 14.2 Å². The zero-order valence-electron chi connectivity index (χ0n) is 14.6. The summed E-state index contributed by atoms with van der Waals surface area (Å²) < 4.78 is 14.8. The van der Waals surface area contributed by atoms with Crippen molar-refractivity contribution >= 4 is 17.7 Å². The van der Waals surface area contributed by atoms with E-state index >= 15 is 0 Å². The van der Waals surface area contributed by atoms with Crippen molar-refractivity contribution in [2.45, 2.75) is 24.9 Å². The molecule has 4 atom stereocenters. The van der Waals surface area contributed by atoms with Gasteiger partial charge in [0.2, 0.25) is 0 Å². The standard InChI is InChI=1S/C18H22O7/c1-18(22)9-12(19)14(16(20)24-3)13(15(18)17(21)25-4)10-6-5-7-11(8-10)23-2/h5-8,13-15,22H,9H2,1-4H3/t13-,14-,15+,18+/m1/s1. The van der Waals surface area contributed by atoms with E-state index in [9.17, 15) is 19.5 Å². The quantitative estimate of drug-likeness (QED) is 0.641. The van der Waals surface area contributed by atoms with Crippen LogP contribution in [0.15, 0.2) is 24.3 Å². The highest BCUT2D eigenvalue weighted by atomic mass is 16.5. The molecule has 7 nitrogen and oxygen atoms in total. The fraction of sp³-hybridized carbons (Fsp3) is 0.500. The van der Waals surface area contributed by atoms with Crippen molar-refractivity contribution in [1.29, 1.82) is 0 Å². The molecule has 1 fully saturated rings. The van der Waals surface area contributed by atoms with Crippen molar-refractivity contribution in [1.82, 2.24) is 0 Å². The summed E-state index contributed by atoms with van der Waals surface area (Å²) in [7, 11) is 3.86. The molecule has 0 aliphatic heterocycles. The van der Waals surface area contributed by atoms with E-state index in [-0.39, 0.29) is 6.42 Å². The van der Waals surface area contributed by atoms with Crippen molar-refractivity contribution in [3.8, 4) is 5.75 Å². The average molecular weight is 350 g/mol. The summed E-state index contributed by atoms with van der Waals surface area (Å²) in [4.78, 5) is 37.2. The molecule has 0 unspecified atom stereocenters. The summed E-state index contributed by atoms with van der Waals surface area (Å²) >= 11 is 0. The molecule has 0 amide bonds. The monoisotopic (exact) mass is 350 g/mol. The SMILES string of the molecule is COC(=O)[C@@H]1C(=O)C[C@](C)(O)[C@H](C(=O)OC)[C@@H]1c1cccc(OC)c1. The molecule has 7 heteroatoms. The molecule has 1 aromatic carbocycles. The van der Waals surface area contributed by atoms with Gasteiger partial charge in [-0.3, -0.25) is 14.4 Å². The molecule has 0 aromatic heterocycles. The predicted octanol–water partition coefficient (Wildman–Crippen LogP) is 1.08. The fourth-order valence-electron chi connectivity index (χ4n) is 3.52. The van der Waals surface area contributed by atoms with Gasteiger partial charge in [0.15, 0.2) is 5.78 Å². The molecule has 0 bridgehead atoms. The number of ether oxygens (including phenoxy) is 3. The van der Waals surface area contributed by atoms with E-state index in [2.05, 4.69) is 0 Å². The van der Waals surface area contributed by atoms with Crippen molar-refractivity contribution in [3.63, 3.8) is 0 Å². The maximum absolute atomic E-state index is 12.6. The second-order valence-corrected chi connectivity index (χ2v) is 6.30. The number of rotatable bonds is 4. The van der Waals surface area contributed by atoms with Gasteiger partial charge in [0.05, 0.1) is 32.8 Å². The smallest absolute Gasteiger partial charge is 0.316 e. The summed E-state index contributed by atoms with van der Waals surface area (Å²) in [6.45, 7) is 1.40. The predicted molar refractivity (Wildman–Crippen MR) is 87.0 cm³/mol. The van der Waals surface area contributed by atoms with E-state index in [1.807, 2.05) is 0 Å². The Morgan fingerprint density at radius 1 is 1.16 bits per heavy atom. The third kappa shape index (κ3) is 3.51. The highest BCUT2D eigenvalue weighted by Crippen LogP contribution is 2.47. The van der Waals surface area contributed by atoms with Gasteiger partial charge in [-0.05, 0) is 24.6 Å². The van der Waals surface area contributed by atoms with Crippen LogP contribution in [0.25, 0.3) is 0 Å². The van der Waals surface area contributed by atoms with Crippen molar-refractivity contribution in [2.75, 3.05) is 21.3 Å². The van der Waals surface area contributed by atoms with Gasteiger partial charge in [0, 0.05) is 12.3 Å². The first-order valence-corrected chi connectivity index (χ1v) is 7.81. The third-order valence-electron chi connectivity index (χ3n) is 4.66. The number of Topliss-reactive ketones (excluding diaryl/α,β-unsaturated/α-hetero) is 1. The summed E-state index contributed by atoms with van der Waals surface area (Å²) in [5.74, 6) is -4.66. The van der Waals surface area contributed by atoms with Gasteiger partial charge in [-0.1, -0.05) is 12.1 Å². The number of aliphatic hydroxyl groups is 1. The molecule has 0 heterocycles. The first-order valence-electron chi connectivity index (χ1n) is 7.81. The third-order valence-corrected chi connectivity index (χ3v) is 4.66. The van der Waals surface area contributed by atoms with Gasteiger partial charge < -0.3 is 19.3 Å². The molecular formula is C18H22O7. The second-order valence-electron chi connectivity index (χ2n) is 6.30. The Labute approximate surface area is 145 Å². The summed E-state index contributed by atoms with van der Waals surface area (Å²) in [5, 5.41) is 10.7. The number of hydrogen-bond donors (Lipinski definition) is 1. The molecule has 1 N–H and O–H groups in total. The minimum Gasteiger partial charge on any atom is -0.497 e. The molecule has 0 spiro atoms. The van der Waals surface area contributed by atoms with Crippen LogP contribution in [0.4, 0.5) is 0 Å². The van der Waals surface area contributed by atoms with Gasteiger partial charge in [0.25, 0.3) is 0 Å². The molecular weight excluding hydrogens is 328 g/mol. The number of esters is 2. The number of carbonyl (C=O) groups excluding carboxylic acids is 3. The van der Waals surface area contributed by atoms with Gasteiger partial charge in [-0.15, -0.1) is 0 Å². The van der Waals surface area contributed by atoms with Gasteiger partial charge in [-0.25, -0.2) is 0 Å². The van der Waals surface area contributed by atoms with E-state index < -0.39 is 41.1 Å². The van der Waals surface area contributed by atoms with Crippen LogP contribution < -0.4 is 4.74 Å². The van der Waals surface area contributed by atoms with Gasteiger partial charge in [-0.2, -0.15) is 0 Å². The Bertz CT molecular complexity index is 680. The zero-order chi connectivity index (χ0) is 18.8. The first-order chi connectivity index (χ1) is 11.8.